The molecule has 1 aromatic carbocycles. The van der Waals surface area contributed by atoms with Gasteiger partial charge in [-0.1, -0.05) is 0 Å². The largest absolute Gasteiger partial charge is 0.365 e. The van der Waals surface area contributed by atoms with Crippen molar-refractivity contribution in [2.45, 2.75) is 55.1 Å². The van der Waals surface area contributed by atoms with Crippen LogP contribution in [-0.4, -0.2) is 24.4 Å². The van der Waals surface area contributed by atoms with Crippen molar-refractivity contribution in [3.8, 4) is 0 Å². The third-order valence-corrected chi connectivity index (χ3v) is 5.13. The van der Waals surface area contributed by atoms with Crippen molar-refractivity contribution in [2.75, 3.05) is 11.2 Å². The lowest BCUT2D eigenvalue weighted by Gasteiger charge is -2.49. The number of hydrogen-bond donors (Lipinski definition) is 1. The molecule has 2 nitrogen and oxygen atoms in total. The van der Waals surface area contributed by atoms with Crippen LogP contribution < -0.4 is 10.6 Å². The van der Waals surface area contributed by atoms with Gasteiger partial charge in [0, 0.05) is 28.7 Å². The lowest BCUT2D eigenvalue weighted by atomic mass is 9.81. The molecule has 0 aliphatic carbocycles. The molecule has 2 aliphatic rings. The number of thioether (sulfide) groups is 1. The molecule has 98 valence electrons. The van der Waals surface area contributed by atoms with Crippen LogP contribution in [0.5, 0.6) is 0 Å². The van der Waals surface area contributed by atoms with E-state index in [2.05, 4.69) is 35.4 Å². The molecule has 0 saturated carbocycles. The molecule has 0 amide bonds. The highest BCUT2D eigenvalue weighted by Crippen LogP contribution is 2.37. The molecular formula is C15H22N2S. The average Bonchev–Trinajstić information content (AvgIpc) is 2.38. The summed E-state index contributed by atoms with van der Waals surface area (Å²) in [4.78, 5) is 3.99. The van der Waals surface area contributed by atoms with E-state index >= 15 is 0 Å². The summed E-state index contributed by atoms with van der Waals surface area (Å²) < 4.78 is 0. The normalized spacial score (nSPS) is 31.4. The topological polar surface area (TPSA) is 29.3 Å². The second-order valence-electron chi connectivity index (χ2n) is 5.58. The Balaban J connectivity index is 1.85. The Morgan fingerprint density at radius 3 is 2.28 bits per heavy atom. The Kier molecular flexibility index (Phi) is 3.53. The molecular weight excluding hydrogens is 240 g/mol. The van der Waals surface area contributed by atoms with Crippen LogP contribution in [0.2, 0.25) is 0 Å². The van der Waals surface area contributed by atoms with Gasteiger partial charge in [0.1, 0.15) is 0 Å². The number of nitrogens with two attached hydrogens (primary N) is 1. The van der Waals surface area contributed by atoms with E-state index < -0.39 is 0 Å². The number of hydrogen-bond acceptors (Lipinski definition) is 3. The maximum Gasteiger partial charge on any atom is 0.0372 e. The summed E-state index contributed by atoms with van der Waals surface area (Å²) in [5.41, 5.74) is 7.58. The third-order valence-electron chi connectivity index (χ3n) is 4.38. The van der Waals surface area contributed by atoms with Gasteiger partial charge in [-0.3, -0.25) is 0 Å². The molecule has 2 fully saturated rings. The predicted octanol–water partition coefficient (Wildman–Crippen LogP) is 3.26. The third kappa shape index (κ3) is 2.26. The summed E-state index contributed by atoms with van der Waals surface area (Å²) in [7, 11) is 0. The summed E-state index contributed by atoms with van der Waals surface area (Å²) in [6, 6.07) is 10.8. The summed E-state index contributed by atoms with van der Waals surface area (Å²) in [5, 5.41) is 0. The first kappa shape index (κ1) is 12.4. The summed E-state index contributed by atoms with van der Waals surface area (Å²) in [6.07, 6.45) is 8.47. The zero-order valence-electron chi connectivity index (χ0n) is 11.0. The monoisotopic (exact) mass is 262 g/mol. The molecule has 2 N–H and O–H groups in total. The summed E-state index contributed by atoms with van der Waals surface area (Å²) in [6.45, 7) is 0. The van der Waals surface area contributed by atoms with Gasteiger partial charge in [0.25, 0.3) is 0 Å². The minimum absolute atomic E-state index is 0.419. The van der Waals surface area contributed by atoms with Crippen molar-refractivity contribution >= 4 is 17.4 Å². The molecule has 2 atom stereocenters. The number of anilines is 1. The van der Waals surface area contributed by atoms with Gasteiger partial charge >= 0.3 is 0 Å². The fourth-order valence-electron chi connectivity index (χ4n) is 3.60. The number of rotatable bonds is 2. The molecule has 3 heteroatoms. The van der Waals surface area contributed by atoms with Crippen LogP contribution in [-0.2, 0) is 0 Å². The van der Waals surface area contributed by atoms with Crippen LogP contribution >= 0.6 is 11.8 Å². The number of fused-ring (bicyclic) bond motifs is 2. The molecule has 2 bridgehead atoms. The first-order valence-electron chi connectivity index (χ1n) is 6.96. The van der Waals surface area contributed by atoms with E-state index in [0.717, 1.165) is 0 Å². The van der Waals surface area contributed by atoms with Gasteiger partial charge in [0.05, 0.1) is 0 Å². The van der Waals surface area contributed by atoms with Crippen molar-refractivity contribution in [2.24, 2.45) is 5.73 Å². The molecule has 3 rings (SSSR count). The smallest absolute Gasteiger partial charge is 0.0372 e. The Bertz CT molecular complexity index is 389. The van der Waals surface area contributed by atoms with Crippen molar-refractivity contribution in [1.29, 1.82) is 0 Å². The number of piperidine rings is 2. The number of benzene rings is 1. The summed E-state index contributed by atoms with van der Waals surface area (Å²) >= 11 is 1.81. The molecule has 0 spiro atoms. The lowest BCUT2D eigenvalue weighted by Crippen LogP contribution is -2.55. The predicted molar refractivity (Wildman–Crippen MR) is 79.3 cm³/mol. The standard InChI is InChI=1S/C15H22N2S/c1-18-15-7-5-12(6-8-15)17-13-3-2-4-14(17)10-11(16)9-13/h5-8,11,13-14H,2-4,9-10,16H2,1H3. The van der Waals surface area contributed by atoms with Crippen molar-refractivity contribution < 1.29 is 0 Å². The van der Waals surface area contributed by atoms with Crippen molar-refractivity contribution in [3.05, 3.63) is 24.3 Å². The van der Waals surface area contributed by atoms with Crippen LogP contribution in [0.25, 0.3) is 0 Å². The Labute approximate surface area is 114 Å². The van der Waals surface area contributed by atoms with Gasteiger partial charge in [-0.2, -0.15) is 0 Å². The van der Waals surface area contributed by atoms with E-state index in [0.29, 0.717) is 18.1 Å². The highest BCUT2D eigenvalue weighted by Gasteiger charge is 2.36. The van der Waals surface area contributed by atoms with Crippen molar-refractivity contribution in [3.63, 3.8) is 0 Å². The minimum atomic E-state index is 0.419. The van der Waals surface area contributed by atoms with E-state index in [1.165, 1.54) is 42.7 Å². The minimum Gasteiger partial charge on any atom is -0.365 e. The van der Waals surface area contributed by atoms with Crippen LogP contribution in [0.3, 0.4) is 0 Å². The lowest BCUT2D eigenvalue weighted by molar-refractivity contribution is 0.271. The molecule has 2 aliphatic heterocycles. The van der Waals surface area contributed by atoms with Crippen LogP contribution in [0.4, 0.5) is 5.69 Å². The Hall–Kier alpha value is -0.670. The van der Waals surface area contributed by atoms with Crippen molar-refractivity contribution in [1.82, 2.24) is 0 Å². The van der Waals surface area contributed by atoms with Gasteiger partial charge in [-0.05, 0) is 62.6 Å². The zero-order valence-corrected chi connectivity index (χ0v) is 11.8. The SMILES string of the molecule is CSc1ccc(N2C3CCCC2CC(N)C3)cc1. The fraction of sp³-hybridized carbons (Fsp3) is 0.600. The molecule has 1 aromatic rings. The fourth-order valence-corrected chi connectivity index (χ4v) is 4.01. The van der Waals surface area contributed by atoms with Gasteiger partial charge in [0.2, 0.25) is 0 Å². The first-order valence-corrected chi connectivity index (χ1v) is 8.18. The zero-order chi connectivity index (χ0) is 12.5. The van der Waals surface area contributed by atoms with E-state index in [1.807, 2.05) is 11.8 Å². The summed E-state index contributed by atoms with van der Waals surface area (Å²) in [5.74, 6) is 0. The van der Waals surface area contributed by atoms with E-state index in [4.69, 9.17) is 5.73 Å². The highest BCUT2D eigenvalue weighted by molar-refractivity contribution is 7.98. The van der Waals surface area contributed by atoms with Gasteiger partial charge in [-0.25, -0.2) is 0 Å². The van der Waals surface area contributed by atoms with Gasteiger partial charge in [0.15, 0.2) is 0 Å². The van der Waals surface area contributed by atoms with Gasteiger partial charge < -0.3 is 10.6 Å². The van der Waals surface area contributed by atoms with Crippen LogP contribution in [0.1, 0.15) is 32.1 Å². The molecule has 2 heterocycles. The number of nitrogens with zero attached hydrogens (tertiary/aromatic N) is 1. The maximum absolute atomic E-state index is 6.18. The first-order chi connectivity index (χ1) is 8.78. The average molecular weight is 262 g/mol. The second kappa shape index (κ2) is 5.14. The van der Waals surface area contributed by atoms with E-state index in [-0.39, 0.29) is 0 Å². The molecule has 18 heavy (non-hydrogen) atoms. The Morgan fingerprint density at radius 2 is 1.72 bits per heavy atom. The van der Waals surface area contributed by atoms with E-state index in [9.17, 15) is 0 Å². The highest BCUT2D eigenvalue weighted by atomic mass is 32.2. The van der Waals surface area contributed by atoms with Crippen LogP contribution in [0.15, 0.2) is 29.2 Å². The molecule has 0 aromatic heterocycles. The van der Waals surface area contributed by atoms with Gasteiger partial charge in [-0.15, -0.1) is 11.8 Å². The molecule has 0 radical (unpaired) electrons. The molecule has 2 saturated heterocycles. The molecule has 2 unspecified atom stereocenters. The van der Waals surface area contributed by atoms with Crippen LogP contribution in [0, 0.1) is 0 Å². The maximum atomic E-state index is 6.18. The van der Waals surface area contributed by atoms with E-state index in [1.54, 1.807) is 0 Å². The Morgan fingerprint density at radius 1 is 1.11 bits per heavy atom. The quantitative estimate of drug-likeness (QED) is 0.830. The second-order valence-corrected chi connectivity index (χ2v) is 6.45.